The molecule has 0 radical (unpaired) electrons. The molecule has 0 N–H and O–H groups in total. The maximum Gasteiger partial charge on any atom is 0.245 e. The molecule has 8 heteroatoms. The number of carbonyl (C=O) groups excluding carboxylic acids is 1. The Labute approximate surface area is 182 Å². The normalized spacial score (nSPS) is 19.3. The summed E-state index contributed by atoms with van der Waals surface area (Å²) in [5.74, 6) is 0.0260. The molecule has 4 rings (SSSR count). The Morgan fingerprint density at radius 1 is 1.03 bits per heavy atom. The summed E-state index contributed by atoms with van der Waals surface area (Å²) >= 11 is 5.91. The number of rotatable bonds is 4. The van der Waals surface area contributed by atoms with Crippen LogP contribution in [0.15, 0.2) is 53.4 Å². The summed E-state index contributed by atoms with van der Waals surface area (Å²) in [6, 6.07) is 14.1. The van der Waals surface area contributed by atoms with Crippen LogP contribution in [0.2, 0.25) is 5.02 Å². The van der Waals surface area contributed by atoms with E-state index < -0.39 is 15.7 Å². The van der Waals surface area contributed by atoms with Gasteiger partial charge in [0.25, 0.3) is 0 Å². The molecule has 2 aromatic rings. The summed E-state index contributed by atoms with van der Waals surface area (Å²) in [5.41, 5.74) is 1.04. The van der Waals surface area contributed by atoms with Crippen molar-refractivity contribution in [1.82, 2.24) is 9.21 Å². The first-order valence-electron chi connectivity index (χ1n) is 10.1. The fourth-order valence-corrected chi connectivity index (χ4v) is 6.01. The van der Waals surface area contributed by atoms with Crippen molar-refractivity contribution < 1.29 is 17.9 Å². The van der Waals surface area contributed by atoms with Crippen molar-refractivity contribution in [2.75, 3.05) is 26.2 Å². The highest BCUT2D eigenvalue weighted by molar-refractivity contribution is 7.89. The van der Waals surface area contributed by atoms with Gasteiger partial charge in [0.1, 0.15) is 5.72 Å². The van der Waals surface area contributed by atoms with Gasteiger partial charge in [-0.25, -0.2) is 8.42 Å². The van der Waals surface area contributed by atoms with E-state index in [0.29, 0.717) is 50.5 Å². The quantitative estimate of drug-likeness (QED) is 0.720. The average molecular weight is 449 g/mol. The number of piperidine rings is 1. The Morgan fingerprint density at radius 3 is 2.30 bits per heavy atom. The fourth-order valence-electron chi connectivity index (χ4n) is 4.16. The first-order chi connectivity index (χ1) is 14.3. The topological polar surface area (TPSA) is 66.9 Å². The summed E-state index contributed by atoms with van der Waals surface area (Å²) in [6.45, 7) is 3.55. The van der Waals surface area contributed by atoms with Crippen LogP contribution in [0.4, 0.5) is 0 Å². The van der Waals surface area contributed by atoms with Gasteiger partial charge in [-0.15, -0.1) is 0 Å². The van der Waals surface area contributed by atoms with Crippen molar-refractivity contribution in [2.45, 2.75) is 36.8 Å². The number of nitrogens with zero attached hydrogens (tertiary/aromatic N) is 2. The van der Waals surface area contributed by atoms with Gasteiger partial charge in [-0.3, -0.25) is 4.79 Å². The summed E-state index contributed by atoms with van der Waals surface area (Å²) in [7, 11) is -3.66. The van der Waals surface area contributed by atoms with Gasteiger partial charge < -0.3 is 9.64 Å². The molecule has 0 aromatic heterocycles. The van der Waals surface area contributed by atoms with Crippen LogP contribution >= 0.6 is 11.6 Å². The van der Waals surface area contributed by atoms with Crippen molar-refractivity contribution in [2.24, 2.45) is 0 Å². The number of benzene rings is 2. The number of carbonyl (C=O) groups is 1. The second-order valence-corrected chi connectivity index (χ2v) is 10.2. The van der Waals surface area contributed by atoms with Gasteiger partial charge in [0.15, 0.2) is 0 Å². The van der Waals surface area contributed by atoms with E-state index >= 15 is 0 Å². The monoisotopic (exact) mass is 448 g/mol. The van der Waals surface area contributed by atoms with Crippen molar-refractivity contribution >= 4 is 27.5 Å². The zero-order valence-corrected chi connectivity index (χ0v) is 18.5. The number of halogens is 1. The van der Waals surface area contributed by atoms with Gasteiger partial charge in [0.2, 0.25) is 15.9 Å². The van der Waals surface area contributed by atoms with Crippen LogP contribution in [-0.4, -0.2) is 55.5 Å². The van der Waals surface area contributed by atoms with Gasteiger partial charge in [0.05, 0.1) is 17.9 Å². The molecule has 0 saturated carbocycles. The highest BCUT2D eigenvalue weighted by Crippen LogP contribution is 2.38. The zero-order chi connectivity index (χ0) is 21.4. The molecule has 160 valence electrons. The predicted octanol–water partition coefficient (Wildman–Crippen LogP) is 3.23. The fraction of sp³-hybridized carbons (Fsp3) is 0.409. The number of aryl methyl sites for hydroxylation is 1. The Hall–Kier alpha value is -1.93. The molecule has 2 aliphatic heterocycles. The third kappa shape index (κ3) is 4.12. The SMILES string of the molecule is Cc1ccc(S(=O)(=O)N2CCOC23CCN(C(=O)Cc2ccc(Cl)cc2)CC3)cc1. The second kappa shape index (κ2) is 8.30. The summed E-state index contributed by atoms with van der Waals surface area (Å²) in [4.78, 5) is 14.8. The van der Waals surface area contributed by atoms with Crippen molar-refractivity contribution in [3.63, 3.8) is 0 Å². The lowest BCUT2D eigenvalue weighted by Crippen LogP contribution is -2.55. The van der Waals surface area contributed by atoms with E-state index in [-0.39, 0.29) is 10.8 Å². The second-order valence-electron chi connectivity index (χ2n) is 7.87. The number of amides is 1. The lowest BCUT2D eigenvalue weighted by atomic mass is 10.00. The van der Waals surface area contributed by atoms with E-state index in [9.17, 15) is 13.2 Å². The maximum absolute atomic E-state index is 13.3. The first kappa shape index (κ1) is 21.3. The number of likely N-dealkylation sites (tertiary alicyclic amines) is 1. The lowest BCUT2D eigenvalue weighted by Gasteiger charge is -2.42. The van der Waals surface area contributed by atoms with Crippen molar-refractivity contribution in [3.05, 3.63) is 64.7 Å². The molecular weight excluding hydrogens is 424 g/mol. The molecule has 0 atom stereocenters. The molecule has 1 spiro atoms. The molecule has 2 saturated heterocycles. The smallest absolute Gasteiger partial charge is 0.245 e. The highest BCUT2D eigenvalue weighted by Gasteiger charge is 2.50. The minimum Gasteiger partial charge on any atom is -0.358 e. The van der Waals surface area contributed by atoms with Gasteiger partial charge in [-0.1, -0.05) is 41.4 Å². The van der Waals surface area contributed by atoms with Crippen LogP contribution in [0.5, 0.6) is 0 Å². The number of hydrogen-bond acceptors (Lipinski definition) is 4. The highest BCUT2D eigenvalue weighted by atomic mass is 35.5. The maximum atomic E-state index is 13.3. The van der Waals surface area contributed by atoms with Crippen LogP contribution in [0.3, 0.4) is 0 Å². The molecule has 2 fully saturated rings. The summed E-state index contributed by atoms with van der Waals surface area (Å²) in [6.07, 6.45) is 1.23. The first-order valence-corrected chi connectivity index (χ1v) is 11.9. The largest absolute Gasteiger partial charge is 0.358 e. The number of sulfonamides is 1. The number of hydrogen-bond donors (Lipinski definition) is 0. The van der Waals surface area contributed by atoms with Crippen LogP contribution in [0, 0.1) is 6.92 Å². The Morgan fingerprint density at radius 2 is 1.67 bits per heavy atom. The molecule has 0 bridgehead atoms. The minimum absolute atomic E-state index is 0.0260. The van der Waals surface area contributed by atoms with E-state index in [1.165, 1.54) is 4.31 Å². The Bertz CT molecular complexity index is 1010. The molecule has 1 amide bonds. The summed E-state index contributed by atoms with van der Waals surface area (Å²) in [5, 5.41) is 0.638. The standard InChI is InChI=1S/C22H25ClN2O4S/c1-17-2-8-20(9-3-17)30(27,28)25-14-15-29-22(25)10-12-24(13-11-22)21(26)16-18-4-6-19(23)7-5-18/h2-9H,10-16H2,1H3. The van der Waals surface area contributed by atoms with Crippen molar-refractivity contribution in [1.29, 1.82) is 0 Å². The number of ether oxygens (including phenoxy) is 1. The molecule has 6 nitrogen and oxygen atoms in total. The van der Waals surface area contributed by atoms with Gasteiger partial charge >= 0.3 is 0 Å². The van der Waals surface area contributed by atoms with E-state index in [0.717, 1.165) is 11.1 Å². The molecule has 2 aliphatic rings. The molecule has 2 heterocycles. The van der Waals surface area contributed by atoms with E-state index in [1.54, 1.807) is 41.3 Å². The van der Waals surface area contributed by atoms with Crippen LogP contribution < -0.4 is 0 Å². The molecule has 30 heavy (non-hydrogen) atoms. The third-order valence-corrected chi connectivity index (χ3v) is 8.11. The van der Waals surface area contributed by atoms with E-state index in [1.807, 2.05) is 19.1 Å². The predicted molar refractivity (Wildman–Crippen MR) is 115 cm³/mol. The van der Waals surface area contributed by atoms with Gasteiger partial charge in [-0.05, 0) is 36.8 Å². The van der Waals surface area contributed by atoms with Crippen LogP contribution in [0.25, 0.3) is 0 Å². The van der Waals surface area contributed by atoms with E-state index in [2.05, 4.69) is 0 Å². The Kier molecular flexibility index (Phi) is 5.90. The Balaban J connectivity index is 1.45. The molecule has 0 unspecified atom stereocenters. The molecular formula is C22H25ClN2O4S. The lowest BCUT2D eigenvalue weighted by molar-refractivity contribution is -0.139. The van der Waals surface area contributed by atoms with Crippen molar-refractivity contribution in [3.8, 4) is 0 Å². The zero-order valence-electron chi connectivity index (χ0n) is 16.9. The minimum atomic E-state index is -3.66. The van der Waals surface area contributed by atoms with Crippen LogP contribution in [-0.2, 0) is 26.0 Å². The van der Waals surface area contributed by atoms with Gasteiger partial charge in [-0.2, -0.15) is 4.31 Å². The average Bonchev–Trinajstić information content (AvgIpc) is 3.14. The van der Waals surface area contributed by atoms with Crippen LogP contribution in [0.1, 0.15) is 24.0 Å². The molecule has 2 aromatic carbocycles. The molecule has 0 aliphatic carbocycles. The van der Waals surface area contributed by atoms with Gasteiger partial charge in [0, 0.05) is 37.5 Å². The third-order valence-electron chi connectivity index (χ3n) is 5.89. The summed E-state index contributed by atoms with van der Waals surface area (Å²) < 4.78 is 34.0. The van der Waals surface area contributed by atoms with E-state index in [4.69, 9.17) is 16.3 Å².